The van der Waals surface area contributed by atoms with E-state index in [-0.39, 0.29) is 6.47 Å². The fourth-order valence-corrected chi connectivity index (χ4v) is 1.34. The molecular weight excluding hydrogens is 152 g/mol. The van der Waals surface area contributed by atoms with Gasteiger partial charge in [-0.2, -0.15) is 0 Å². The zero-order valence-electron chi connectivity index (χ0n) is 7.70. The maximum absolute atomic E-state index is 8.36. The van der Waals surface area contributed by atoms with Gasteiger partial charge in [0.05, 0.1) is 0 Å². The average molecular weight is 170 g/mol. The van der Waals surface area contributed by atoms with Gasteiger partial charge in [-0.25, -0.2) is 0 Å². The Bertz CT molecular complexity index is 130. The topological polar surface area (TPSA) is 37.3 Å². The highest BCUT2D eigenvalue weighted by atomic mass is 16.3. The molecule has 0 saturated heterocycles. The Labute approximate surface area is 74.3 Å². The minimum atomic E-state index is -0.250. The van der Waals surface area contributed by atoms with Gasteiger partial charge in [0.15, 0.2) is 0 Å². The van der Waals surface area contributed by atoms with Crippen molar-refractivity contribution in [2.75, 3.05) is 0 Å². The highest BCUT2D eigenvalue weighted by Crippen LogP contribution is 2.16. The Morgan fingerprint density at radius 3 is 2.58 bits per heavy atom. The largest absolute Gasteiger partial charge is 0.483 e. The van der Waals surface area contributed by atoms with Crippen LogP contribution in [0.3, 0.4) is 0 Å². The first-order chi connectivity index (χ1) is 5.81. The normalized spacial score (nSPS) is 25.6. The number of rotatable bonds is 0. The van der Waals surface area contributed by atoms with E-state index >= 15 is 0 Å². The third kappa shape index (κ3) is 7.32. The number of carboxylic acid groups (broad SMARTS) is 1. The number of hydrogen-bond acceptors (Lipinski definition) is 1. The van der Waals surface area contributed by atoms with Crippen molar-refractivity contribution in [2.24, 2.45) is 5.92 Å². The maximum atomic E-state index is 8.36. The molecule has 0 saturated carbocycles. The lowest BCUT2D eigenvalue weighted by Crippen LogP contribution is -1.95. The van der Waals surface area contributed by atoms with Crippen LogP contribution in [0.15, 0.2) is 12.2 Å². The zero-order chi connectivity index (χ0) is 9.23. The van der Waals surface area contributed by atoms with Gasteiger partial charge < -0.3 is 5.11 Å². The van der Waals surface area contributed by atoms with Crippen molar-refractivity contribution in [3.05, 3.63) is 12.2 Å². The van der Waals surface area contributed by atoms with Gasteiger partial charge in [0.2, 0.25) is 0 Å². The summed E-state index contributed by atoms with van der Waals surface area (Å²) < 4.78 is 0. The van der Waals surface area contributed by atoms with Crippen LogP contribution < -0.4 is 0 Å². The van der Waals surface area contributed by atoms with Gasteiger partial charge in [0.25, 0.3) is 6.47 Å². The fraction of sp³-hybridized carbons (Fsp3) is 0.700. The van der Waals surface area contributed by atoms with Gasteiger partial charge in [-0.15, -0.1) is 0 Å². The van der Waals surface area contributed by atoms with Crippen LogP contribution >= 0.6 is 0 Å². The summed E-state index contributed by atoms with van der Waals surface area (Å²) in [7, 11) is 0. The highest BCUT2D eigenvalue weighted by molar-refractivity contribution is 5.32. The second-order valence-corrected chi connectivity index (χ2v) is 3.19. The molecule has 1 atom stereocenters. The molecule has 12 heavy (non-hydrogen) atoms. The fourth-order valence-electron chi connectivity index (χ4n) is 1.34. The molecule has 2 heteroatoms. The van der Waals surface area contributed by atoms with Crippen LogP contribution in [-0.2, 0) is 4.79 Å². The molecule has 0 heterocycles. The Balaban J connectivity index is 0.000000354. The molecule has 0 aromatic heterocycles. The molecule has 0 amide bonds. The van der Waals surface area contributed by atoms with Gasteiger partial charge in [0.1, 0.15) is 0 Å². The lowest BCUT2D eigenvalue weighted by molar-refractivity contribution is -0.122. The molecule has 0 radical (unpaired) electrons. The zero-order valence-corrected chi connectivity index (χ0v) is 7.70. The maximum Gasteiger partial charge on any atom is 0.290 e. The summed E-state index contributed by atoms with van der Waals surface area (Å²) in [5.41, 5.74) is 0. The van der Waals surface area contributed by atoms with Gasteiger partial charge in [-0.1, -0.05) is 25.5 Å². The highest BCUT2D eigenvalue weighted by Gasteiger charge is 2.01. The molecular formula is C10H18O2. The molecule has 0 fully saturated rings. The molecule has 0 bridgehead atoms. The third-order valence-corrected chi connectivity index (χ3v) is 2.06. The van der Waals surface area contributed by atoms with Crippen LogP contribution in [0.25, 0.3) is 0 Å². The molecule has 2 nitrogen and oxygen atoms in total. The SMILES string of the molecule is CC1CC/C=C\CCC1.O=CO. The van der Waals surface area contributed by atoms with E-state index in [0.717, 1.165) is 5.92 Å². The van der Waals surface area contributed by atoms with E-state index in [0.29, 0.717) is 0 Å². The van der Waals surface area contributed by atoms with Crippen molar-refractivity contribution < 1.29 is 9.90 Å². The second-order valence-electron chi connectivity index (χ2n) is 3.19. The summed E-state index contributed by atoms with van der Waals surface area (Å²) in [6, 6.07) is 0. The average Bonchev–Trinajstić information content (AvgIpc) is 1.98. The van der Waals surface area contributed by atoms with Crippen LogP contribution in [0.1, 0.15) is 39.0 Å². The van der Waals surface area contributed by atoms with Crippen LogP contribution in [0.4, 0.5) is 0 Å². The lowest BCUT2D eigenvalue weighted by atomic mass is 9.96. The van der Waals surface area contributed by atoms with Gasteiger partial charge >= 0.3 is 0 Å². The predicted octanol–water partition coefficient (Wildman–Crippen LogP) is 2.84. The Kier molecular flexibility index (Phi) is 7.76. The first-order valence-electron chi connectivity index (χ1n) is 4.54. The van der Waals surface area contributed by atoms with E-state index in [4.69, 9.17) is 9.90 Å². The van der Waals surface area contributed by atoms with Crippen LogP contribution in [0, 0.1) is 5.92 Å². The standard InChI is InChI=1S/C9H16.CH2O2/c1-9-7-5-3-2-4-6-8-9;2-1-3/h2-3,9H,4-8H2,1H3;1H,(H,2,3)/b3-2-;. The quantitative estimate of drug-likeness (QED) is 0.448. The third-order valence-electron chi connectivity index (χ3n) is 2.06. The summed E-state index contributed by atoms with van der Waals surface area (Å²) in [6.45, 7) is 2.11. The minimum Gasteiger partial charge on any atom is -0.483 e. The molecule has 0 aliphatic heterocycles. The number of carbonyl (C=O) groups is 1. The molecule has 1 unspecified atom stereocenters. The van der Waals surface area contributed by atoms with E-state index in [9.17, 15) is 0 Å². The summed E-state index contributed by atoms with van der Waals surface area (Å²) in [5, 5.41) is 6.89. The van der Waals surface area contributed by atoms with Crippen molar-refractivity contribution in [3.8, 4) is 0 Å². The first-order valence-corrected chi connectivity index (χ1v) is 4.54. The Morgan fingerprint density at radius 1 is 1.33 bits per heavy atom. The van der Waals surface area contributed by atoms with E-state index < -0.39 is 0 Å². The first kappa shape index (κ1) is 11.2. The van der Waals surface area contributed by atoms with Crippen LogP contribution in [0.2, 0.25) is 0 Å². The lowest BCUT2D eigenvalue weighted by Gasteiger charge is -2.10. The van der Waals surface area contributed by atoms with Gasteiger partial charge in [-0.05, 0) is 31.6 Å². The number of allylic oxidation sites excluding steroid dienone is 2. The summed E-state index contributed by atoms with van der Waals surface area (Å²) in [6.07, 6.45) is 11.5. The molecule has 1 aliphatic carbocycles. The minimum absolute atomic E-state index is 0.250. The smallest absolute Gasteiger partial charge is 0.290 e. The molecule has 1 rings (SSSR count). The van der Waals surface area contributed by atoms with E-state index in [1.54, 1.807) is 0 Å². The second kappa shape index (κ2) is 8.31. The Morgan fingerprint density at radius 2 is 1.92 bits per heavy atom. The van der Waals surface area contributed by atoms with Crippen LogP contribution in [0.5, 0.6) is 0 Å². The monoisotopic (exact) mass is 170 g/mol. The van der Waals surface area contributed by atoms with Crippen molar-refractivity contribution in [3.63, 3.8) is 0 Å². The van der Waals surface area contributed by atoms with Crippen LogP contribution in [-0.4, -0.2) is 11.6 Å². The molecule has 0 spiro atoms. The molecule has 0 aromatic carbocycles. The van der Waals surface area contributed by atoms with Gasteiger partial charge in [-0.3, -0.25) is 4.79 Å². The van der Waals surface area contributed by atoms with E-state index in [1.807, 2.05) is 0 Å². The van der Waals surface area contributed by atoms with Crippen molar-refractivity contribution >= 4 is 6.47 Å². The predicted molar refractivity (Wildman–Crippen MR) is 50.1 cm³/mol. The van der Waals surface area contributed by atoms with Gasteiger partial charge in [0, 0.05) is 0 Å². The van der Waals surface area contributed by atoms with E-state index in [2.05, 4.69) is 19.1 Å². The summed E-state index contributed by atoms with van der Waals surface area (Å²) >= 11 is 0. The van der Waals surface area contributed by atoms with E-state index in [1.165, 1.54) is 32.1 Å². The molecule has 0 aromatic rings. The Hall–Kier alpha value is -0.790. The van der Waals surface area contributed by atoms with Crippen molar-refractivity contribution in [1.82, 2.24) is 0 Å². The summed E-state index contributed by atoms with van der Waals surface area (Å²) in [4.78, 5) is 8.36. The number of hydrogen-bond donors (Lipinski definition) is 1. The summed E-state index contributed by atoms with van der Waals surface area (Å²) in [5.74, 6) is 0.968. The molecule has 1 N–H and O–H groups in total. The molecule has 70 valence electrons. The van der Waals surface area contributed by atoms with Crippen molar-refractivity contribution in [1.29, 1.82) is 0 Å². The van der Waals surface area contributed by atoms with Crippen molar-refractivity contribution in [2.45, 2.75) is 39.0 Å². The molecule has 1 aliphatic rings.